The molecule has 36 heavy (non-hydrogen) atoms. The fraction of sp³-hybridized carbons (Fsp3) is 0.257. The average Bonchev–Trinajstić information content (AvgIpc) is 3.17. The minimum atomic E-state index is 0.0274. The third kappa shape index (κ3) is 2.83. The lowest BCUT2D eigenvalue weighted by atomic mass is 9.71. The Kier molecular flexibility index (Phi) is 4.35. The Bertz CT molecular complexity index is 1590. The van der Waals surface area contributed by atoms with Crippen LogP contribution in [0.15, 0.2) is 103 Å². The second kappa shape index (κ2) is 7.23. The van der Waals surface area contributed by atoms with Gasteiger partial charge in [-0.2, -0.15) is 0 Å². The predicted octanol–water partition coefficient (Wildman–Crippen LogP) is 9.65. The van der Waals surface area contributed by atoms with Crippen molar-refractivity contribution in [1.29, 1.82) is 0 Å². The molecule has 1 aliphatic heterocycles. The Balaban J connectivity index is 1.53. The maximum absolute atomic E-state index is 2.65. The Labute approximate surface area is 214 Å². The van der Waals surface area contributed by atoms with E-state index in [4.69, 9.17) is 0 Å². The Morgan fingerprint density at radius 1 is 0.611 bits per heavy atom. The van der Waals surface area contributed by atoms with Crippen molar-refractivity contribution in [3.63, 3.8) is 0 Å². The average molecular weight is 468 g/mol. The monoisotopic (exact) mass is 467 g/mol. The van der Waals surface area contributed by atoms with Crippen LogP contribution in [0.3, 0.4) is 0 Å². The Hall–Kier alpha value is -3.58. The van der Waals surface area contributed by atoms with E-state index < -0.39 is 0 Å². The van der Waals surface area contributed by atoms with E-state index in [1.165, 1.54) is 62.5 Å². The van der Waals surface area contributed by atoms with E-state index in [1.807, 2.05) is 0 Å². The maximum atomic E-state index is 2.65. The highest BCUT2D eigenvalue weighted by molar-refractivity contribution is 6.12. The molecule has 1 saturated carbocycles. The van der Waals surface area contributed by atoms with Crippen molar-refractivity contribution in [2.75, 3.05) is 4.90 Å². The van der Waals surface area contributed by atoms with Crippen molar-refractivity contribution in [2.24, 2.45) is 5.41 Å². The summed E-state index contributed by atoms with van der Waals surface area (Å²) in [5, 5.41) is 5.26. The molecular weight excluding hydrogens is 434 g/mol. The van der Waals surface area contributed by atoms with Gasteiger partial charge in [0, 0.05) is 16.8 Å². The lowest BCUT2D eigenvalue weighted by Gasteiger charge is -2.42. The van der Waals surface area contributed by atoms with Gasteiger partial charge >= 0.3 is 0 Å². The van der Waals surface area contributed by atoms with Gasteiger partial charge in [0.15, 0.2) is 0 Å². The highest BCUT2D eigenvalue weighted by Gasteiger charge is 2.64. The molecule has 2 atom stereocenters. The SMILES string of the molecule is CC1(C)CC2(C)c3cc(-c4c5ccccc5cc5ccccc45)ccc3N(c3ccccc3)C2(C)C1. The van der Waals surface area contributed by atoms with Crippen molar-refractivity contribution in [3.05, 3.63) is 109 Å². The molecule has 1 nitrogen and oxygen atoms in total. The molecular formula is C35H33N. The van der Waals surface area contributed by atoms with Gasteiger partial charge in [0.25, 0.3) is 0 Å². The Morgan fingerprint density at radius 2 is 1.22 bits per heavy atom. The predicted molar refractivity (Wildman–Crippen MR) is 154 cm³/mol. The highest BCUT2D eigenvalue weighted by atomic mass is 15.3. The first-order valence-corrected chi connectivity index (χ1v) is 13.2. The van der Waals surface area contributed by atoms with Crippen LogP contribution < -0.4 is 4.90 Å². The summed E-state index contributed by atoms with van der Waals surface area (Å²) in [5.74, 6) is 0. The van der Waals surface area contributed by atoms with Gasteiger partial charge in [-0.25, -0.2) is 0 Å². The first-order valence-electron chi connectivity index (χ1n) is 13.2. The second-order valence-electron chi connectivity index (χ2n) is 12.2. The lowest BCUT2D eigenvalue weighted by molar-refractivity contribution is 0.330. The second-order valence-corrected chi connectivity index (χ2v) is 12.2. The van der Waals surface area contributed by atoms with E-state index in [9.17, 15) is 0 Å². The third-order valence-electron chi connectivity index (χ3n) is 9.24. The van der Waals surface area contributed by atoms with Crippen LogP contribution >= 0.6 is 0 Å². The molecule has 1 heterocycles. The Morgan fingerprint density at radius 3 is 1.89 bits per heavy atom. The first-order chi connectivity index (χ1) is 17.3. The standard InChI is InChI=1S/C35H33N/c1-33(2)22-34(3)30-21-26(18-19-31(30)36(35(34,4)23-33)27-14-6-5-7-15-27)32-28-16-10-8-12-24(28)20-25-13-9-11-17-29(25)32/h5-21H,22-23H2,1-4H3. The minimum absolute atomic E-state index is 0.0274. The largest absolute Gasteiger partial charge is 0.334 e. The first kappa shape index (κ1) is 21.7. The summed E-state index contributed by atoms with van der Waals surface area (Å²) in [6.07, 6.45) is 2.36. The molecule has 5 aromatic carbocycles. The number of para-hydroxylation sites is 1. The molecule has 1 fully saturated rings. The van der Waals surface area contributed by atoms with Gasteiger partial charge in [-0.3, -0.25) is 0 Å². The van der Waals surface area contributed by atoms with Crippen molar-refractivity contribution in [2.45, 2.75) is 51.5 Å². The molecule has 5 aromatic rings. The van der Waals surface area contributed by atoms with Gasteiger partial charge in [-0.1, -0.05) is 93.6 Å². The number of benzene rings is 5. The van der Waals surface area contributed by atoms with Crippen molar-refractivity contribution in [1.82, 2.24) is 0 Å². The topological polar surface area (TPSA) is 3.24 Å². The zero-order chi connectivity index (χ0) is 24.7. The van der Waals surface area contributed by atoms with Gasteiger partial charge < -0.3 is 4.90 Å². The molecule has 2 unspecified atom stereocenters. The van der Waals surface area contributed by atoms with E-state index in [2.05, 4.69) is 136 Å². The fourth-order valence-electron chi connectivity index (χ4n) is 7.97. The van der Waals surface area contributed by atoms with Crippen LogP contribution in [0.1, 0.15) is 46.1 Å². The van der Waals surface area contributed by atoms with E-state index in [-0.39, 0.29) is 16.4 Å². The summed E-state index contributed by atoms with van der Waals surface area (Å²) in [5.41, 5.74) is 7.22. The number of fused-ring (bicyclic) bond motifs is 5. The van der Waals surface area contributed by atoms with Gasteiger partial charge in [-0.15, -0.1) is 0 Å². The van der Waals surface area contributed by atoms with E-state index >= 15 is 0 Å². The summed E-state index contributed by atoms with van der Waals surface area (Å²) >= 11 is 0. The summed E-state index contributed by atoms with van der Waals surface area (Å²) in [6.45, 7) is 9.93. The van der Waals surface area contributed by atoms with Crippen LogP contribution in [-0.4, -0.2) is 5.54 Å². The zero-order valence-electron chi connectivity index (χ0n) is 21.7. The fourth-order valence-corrected chi connectivity index (χ4v) is 7.97. The molecule has 7 rings (SSSR count). The zero-order valence-corrected chi connectivity index (χ0v) is 21.7. The molecule has 0 aromatic heterocycles. The van der Waals surface area contributed by atoms with E-state index in [0.29, 0.717) is 0 Å². The van der Waals surface area contributed by atoms with E-state index in [0.717, 1.165) is 0 Å². The molecule has 1 heteroatoms. The van der Waals surface area contributed by atoms with E-state index in [1.54, 1.807) is 0 Å². The van der Waals surface area contributed by atoms with Crippen LogP contribution in [0.25, 0.3) is 32.7 Å². The molecule has 2 aliphatic rings. The number of anilines is 2. The lowest BCUT2D eigenvalue weighted by Crippen LogP contribution is -2.49. The molecule has 0 amide bonds. The van der Waals surface area contributed by atoms with Crippen LogP contribution in [-0.2, 0) is 5.41 Å². The molecule has 0 spiro atoms. The van der Waals surface area contributed by atoms with Crippen LogP contribution in [0, 0.1) is 5.41 Å². The number of hydrogen-bond acceptors (Lipinski definition) is 1. The summed E-state index contributed by atoms with van der Waals surface area (Å²) in [4.78, 5) is 2.65. The van der Waals surface area contributed by atoms with Crippen molar-refractivity contribution >= 4 is 32.9 Å². The molecule has 0 radical (unpaired) electrons. The number of nitrogens with zero attached hydrogens (tertiary/aromatic N) is 1. The molecule has 0 bridgehead atoms. The number of hydrogen-bond donors (Lipinski definition) is 0. The van der Waals surface area contributed by atoms with Gasteiger partial charge in [0.1, 0.15) is 0 Å². The summed E-state index contributed by atoms with van der Waals surface area (Å²) in [7, 11) is 0. The minimum Gasteiger partial charge on any atom is -0.334 e. The third-order valence-corrected chi connectivity index (χ3v) is 9.24. The highest BCUT2D eigenvalue weighted by Crippen LogP contribution is 2.67. The maximum Gasteiger partial charge on any atom is 0.0523 e. The quantitative estimate of drug-likeness (QED) is 0.234. The summed E-state index contributed by atoms with van der Waals surface area (Å²) < 4.78 is 0. The molecule has 0 saturated heterocycles. The molecule has 1 aliphatic carbocycles. The summed E-state index contributed by atoms with van der Waals surface area (Å²) in [6, 6.07) is 38.3. The van der Waals surface area contributed by atoms with Gasteiger partial charge in [0.2, 0.25) is 0 Å². The van der Waals surface area contributed by atoms with Crippen LogP contribution in [0.5, 0.6) is 0 Å². The molecule has 0 N–H and O–H groups in total. The smallest absolute Gasteiger partial charge is 0.0523 e. The normalized spacial score (nSPS) is 24.3. The number of rotatable bonds is 2. The van der Waals surface area contributed by atoms with Gasteiger partial charge in [-0.05, 0) is 93.7 Å². The van der Waals surface area contributed by atoms with Crippen LogP contribution in [0.4, 0.5) is 11.4 Å². The molecule has 178 valence electrons. The van der Waals surface area contributed by atoms with Crippen molar-refractivity contribution in [3.8, 4) is 11.1 Å². The van der Waals surface area contributed by atoms with Crippen molar-refractivity contribution < 1.29 is 0 Å². The van der Waals surface area contributed by atoms with Crippen LogP contribution in [0.2, 0.25) is 0 Å². The van der Waals surface area contributed by atoms with Gasteiger partial charge in [0.05, 0.1) is 5.54 Å².